The molecule has 1 atom stereocenters. The Hall–Kier alpha value is -2.14. The van der Waals surface area contributed by atoms with Gasteiger partial charge < -0.3 is 15.5 Å². The predicted octanol–water partition coefficient (Wildman–Crippen LogP) is 3.65. The Morgan fingerprint density at radius 1 is 1.18 bits per heavy atom. The molecule has 0 radical (unpaired) electrons. The van der Waals surface area contributed by atoms with Gasteiger partial charge in [-0.1, -0.05) is 25.1 Å². The van der Waals surface area contributed by atoms with Gasteiger partial charge in [0.15, 0.2) is 0 Å². The Morgan fingerprint density at radius 3 is 2.75 bits per heavy atom. The molecule has 0 bridgehead atoms. The van der Waals surface area contributed by atoms with Crippen LogP contribution in [0.4, 0.5) is 5.69 Å². The molecular formula is C23H32N4O. The summed E-state index contributed by atoms with van der Waals surface area (Å²) in [6.07, 6.45) is 5.13. The van der Waals surface area contributed by atoms with Gasteiger partial charge in [-0.2, -0.15) is 0 Å². The van der Waals surface area contributed by atoms with Crippen molar-refractivity contribution in [3.63, 3.8) is 0 Å². The lowest BCUT2D eigenvalue weighted by Gasteiger charge is -2.34. The van der Waals surface area contributed by atoms with E-state index in [-0.39, 0.29) is 0 Å². The average Bonchev–Trinajstić information content (AvgIpc) is 2.72. The molecule has 2 aliphatic heterocycles. The zero-order chi connectivity index (χ0) is 19.5. The lowest BCUT2D eigenvalue weighted by molar-refractivity contribution is -0.132. The highest BCUT2D eigenvalue weighted by Crippen LogP contribution is 2.32. The molecule has 1 aromatic carbocycles. The number of rotatable bonds is 4. The average molecular weight is 381 g/mol. The zero-order valence-electron chi connectivity index (χ0n) is 16.9. The van der Waals surface area contributed by atoms with E-state index in [1.807, 2.05) is 35.2 Å². The maximum atomic E-state index is 12.7. The summed E-state index contributed by atoms with van der Waals surface area (Å²) >= 11 is 0. The topological polar surface area (TPSA) is 62.5 Å². The van der Waals surface area contributed by atoms with Crippen molar-refractivity contribution in [1.82, 2.24) is 14.8 Å². The number of nitrogens with zero attached hydrogens (tertiary/aromatic N) is 3. The SMILES string of the molecule is CC1CCCN(CCC(=O)N2CCC(c3nc4ccccc4cc3N)CC2)C1. The molecule has 5 heteroatoms. The van der Waals surface area contributed by atoms with Gasteiger partial charge in [0.1, 0.15) is 0 Å². The largest absolute Gasteiger partial charge is 0.397 e. The molecule has 1 amide bonds. The summed E-state index contributed by atoms with van der Waals surface area (Å²) in [4.78, 5) is 22.0. The Kier molecular flexibility index (Phi) is 5.81. The first-order valence-electron chi connectivity index (χ1n) is 10.8. The lowest BCUT2D eigenvalue weighted by atomic mass is 9.91. The number of aromatic nitrogens is 1. The summed E-state index contributed by atoms with van der Waals surface area (Å²) in [5, 5.41) is 1.09. The van der Waals surface area contributed by atoms with Gasteiger partial charge in [-0.25, -0.2) is 0 Å². The summed E-state index contributed by atoms with van der Waals surface area (Å²) in [5.41, 5.74) is 9.09. The molecule has 5 nitrogen and oxygen atoms in total. The lowest BCUT2D eigenvalue weighted by Crippen LogP contribution is -2.41. The standard InChI is InChI=1S/C23H32N4O/c1-17-5-4-11-26(16-17)12-10-22(28)27-13-8-18(9-14-27)23-20(24)15-19-6-2-3-7-21(19)25-23/h2-3,6-7,15,17-18H,4-5,8-14,16,24H2,1H3. The number of pyridine rings is 1. The van der Waals surface area contributed by atoms with Crippen molar-refractivity contribution < 1.29 is 4.79 Å². The van der Waals surface area contributed by atoms with Crippen molar-refractivity contribution >= 4 is 22.5 Å². The number of likely N-dealkylation sites (tertiary alicyclic amines) is 2. The molecule has 2 N–H and O–H groups in total. The van der Waals surface area contributed by atoms with E-state index in [0.717, 1.165) is 73.8 Å². The second-order valence-electron chi connectivity index (χ2n) is 8.61. The van der Waals surface area contributed by atoms with Gasteiger partial charge in [0.05, 0.1) is 16.9 Å². The van der Waals surface area contributed by atoms with Crippen LogP contribution in [0.3, 0.4) is 0 Å². The fraction of sp³-hybridized carbons (Fsp3) is 0.565. The molecule has 2 fully saturated rings. The van der Waals surface area contributed by atoms with Crippen LogP contribution in [-0.2, 0) is 4.79 Å². The van der Waals surface area contributed by atoms with Crippen LogP contribution in [0.5, 0.6) is 0 Å². The summed E-state index contributed by atoms with van der Waals surface area (Å²) in [7, 11) is 0. The van der Waals surface area contributed by atoms with Crippen molar-refractivity contribution in [2.75, 3.05) is 38.5 Å². The van der Waals surface area contributed by atoms with E-state index in [4.69, 9.17) is 10.7 Å². The van der Waals surface area contributed by atoms with E-state index in [2.05, 4.69) is 11.8 Å². The molecule has 4 rings (SSSR count). The quantitative estimate of drug-likeness (QED) is 0.879. The molecule has 1 unspecified atom stereocenters. The molecule has 3 heterocycles. The van der Waals surface area contributed by atoms with Gasteiger partial charge >= 0.3 is 0 Å². The molecular weight excluding hydrogens is 348 g/mol. The maximum absolute atomic E-state index is 12.7. The molecule has 0 saturated carbocycles. The third-order valence-electron chi connectivity index (χ3n) is 6.40. The number of hydrogen-bond donors (Lipinski definition) is 1. The Labute approximate surface area is 167 Å². The molecule has 0 spiro atoms. The van der Waals surface area contributed by atoms with Gasteiger partial charge in [0.2, 0.25) is 5.91 Å². The van der Waals surface area contributed by atoms with E-state index in [1.165, 1.54) is 12.8 Å². The van der Waals surface area contributed by atoms with Gasteiger partial charge in [-0.15, -0.1) is 0 Å². The van der Waals surface area contributed by atoms with Gasteiger partial charge in [-0.05, 0) is 50.3 Å². The summed E-state index contributed by atoms with van der Waals surface area (Å²) < 4.78 is 0. The highest BCUT2D eigenvalue weighted by molar-refractivity contribution is 5.82. The minimum absolute atomic E-state index is 0.302. The third kappa shape index (κ3) is 4.30. The van der Waals surface area contributed by atoms with Crippen molar-refractivity contribution in [3.8, 4) is 0 Å². The first-order chi connectivity index (χ1) is 13.6. The summed E-state index contributed by atoms with van der Waals surface area (Å²) in [6, 6.07) is 10.2. The highest BCUT2D eigenvalue weighted by Gasteiger charge is 2.26. The zero-order valence-corrected chi connectivity index (χ0v) is 16.9. The number of para-hydroxylation sites is 1. The van der Waals surface area contributed by atoms with Crippen LogP contribution in [0.25, 0.3) is 10.9 Å². The van der Waals surface area contributed by atoms with Crippen LogP contribution in [-0.4, -0.2) is 53.4 Å². The number of benzene rings is 1. The Balaban J connectivity index is 1.32. The van der Waals surface area contributed by atoms with Crippen LogP contribution in [0.15, 0.2) is 30.3 Å². The number of carbonyl (C=O) groups is 1. The van der Waals surface area contributed by atoms with Crippen molar-refractivity contribution in [3.05, 3.63) is 36.0 Å². The van der Waals surface area contributed by atoms with Crippen LogP contribution in [0.2, 0.25) is 0 Å². The van der Waals surface area contributed by atoms with Gasteiger partial charge in [0.25, 0.3) is 0 Å². The first kappa shape index (κ1) is 19.2. The number of amides is 1. The number of piperidine rings is 2. The van der Waals surface area contributed by atoms with Crippen LogP contribution in [0, 0.1) is 5.92 Å². The van der Waals surface area contributed by atoms with E-state index < -0.39 is 0 Å². The molecule has 0 aliphatic carbocycles. The van der Waals surface area contributed by atoms with Crippen molar-refractivity contribution in [2.45, 2.75) is 44.9 Å². The number of carbonyl (C=O) groups excluding carboxylic acids is 1. The molecule has 2 aliphatic rings. The summed E-state index contributed by atoms with van der Waals surface area (Å²) in [5.74, 6) is 1.41. The predicted molar refractivity (Wildman–Crippen MR) is 114 cm³/mol. The van der Waals surface area contributed by atoms with E-state index >= 15 is 0 Å². The molecule has 2 aromatic rings. The van der Waals surface area contributed by atoms with E-state index in [9.17, 15) is 4.79 Å². The summed E-state index contributed by atoms with van der Waals surface area (Å²) in [6.45, 7) is 7.13. The molecule has 28 heavy (non-hydrogen) atoms. The number of anilines is 1. The van der Waals surface area contributed by atoms with Gasteiger partial charge in [0, 0.05) is 43.9 Å². The number of nitrogen functional groups attached to an aromatic ring is 1. The minimum Gasteiger partial charge on any atom is -0.397 e. The Bertz CT molecular complexity index is 828. The number of hydrogen-bond acceptors (Lipinski definition) is 4. The van der Waals surface area contributed by atoms with Crippen LogP contribution < -0.4 is 5.73 Å². The highest BCUT2D eigenvalue weighted by atomic mass is 16.2. The number of nitrogens with two attached hydrogens (primary N) is 1. The van der Waals surface area contributed by atoms with Crippen LogP contribution >= 0.6 is 0 Å². The van der Waals surface area contributed by atoms with Crippen molar-refractivity contribution in [2.24, 2.45) is 5.92 Å². The Morgan fingerprint density at radius 2 is 1.96 bits per heavy atom. The molecule has 1 aromatic heterocycles. The van der Waals surface area contributed by atoms with E-state index in [1.54, 1.807) is 0 Å². The third-order valence-corrected chi connectivity index (χ3v) is 6.40. The first-order valence-corrected chi connectivity index (χ1v) is 10.8. The fourth-order valence-corrected chi connectivity index (χ4v) is 4.78. The van der Waals surface area contributed by atoms with Gasteiger partial charge in [-0.3, -0.25) is 9.78 Å². The monoisotopic (exact) mass is 380 g/mol. The maximum Gasteiger partial charge on any atom is 0.223 e. The smallest absolute Gasteiger partial charge is 0.223 e. The number of fused-ring (bicyclic) bond motifs is 1. The normalized spacial score (nSPS) is 21.9. The minimum atomic E-state index is 0.302. The second-order valence-corrected chi connectivity index (χ2v) is 8.61. The molecule has 2 saturated heterocycles. The fourth-order valence-electron chi connectivity index (χ4n) is 4.78. The van der Waals surface area contributed by atoms with Crippen LogP contribution in [0.1, 0.15) is 50.6 Å². The van der Waals surface area contributed by atoms with E-state index in [0.29, 0.717) is 18.2 Å². The molecule has 150 valence electrons. The second kappa shape index (κ2) is 8.48. The van der Waals surface area contributed by atoms with Crippen molar-refractivity contribution in [1.29, 1.82) is 0 Å².